The van der Waals surface area contributed by atoms with Gasteiger partial charge in [0.2, 0.25) is 0 Å². The molecule has 0 amide bonds. The van der Waals surface area contributed by atoms with Crippen molar-refractivity contribution in [2.75, 3.05) is 20.2 Å². The van der Waals surface area contributed by atoms with Crippen molar-refractivity contribution in [2.24, 2.45) is 5.84 Å². The highest BCUT2D eigenvalue weighted by Crippen LogP contribution is 2.30. The molecule has 0 bridgehead atoms. The van der Waals surface area contributed by atoms with E-state index in [-0.39, 0.29) is 0 Å². The first-order valence-electron chi connectivity index (χ1n) is 4.45. The molecule has 1 saturated heterocycles. The number of nitrogens with two attached hydrogens (primary N) is 1. The van der Waals surface area contributed by atoms with Crippen LogP contribution in [0.2, 0.25) is 0 Å². The molecule has 3 nitrogen and oxygen atoms in total. The van der Waals surface area contributed by atoms with Crippen LogP contribution in [-0.4, -0.2) is 36.9 Å². The summed E-state index contributed by atoms with van der Waals surface area (Å²) in [6.07, 6.45) is 4.21. The summed E-state index contributed by atoms with van der Waals surface area (Å²) in [6.45, 7) is 1.81. The second kappa shape index (κ2) is 2.44. The summed E-state index contributed by atoms with van der Waals surface area (Å²) in [6, 6.07) is 0.573. The van der Waals surface area contributed by atoms with E-state index in [0.717, 1.165) is 13.2 Å². The van der Waals surface area contributed by atoms with Gasteiger partial charge in [-0.1, -0.05) is 0 Å². The Bertz CT molecular complexity index is 158. The van der Waals surface area contributed by atoms with Gasteiger partial charge in [-0.2, -0.15) is 5.84 Å². The Hall–Kier alpha value is -0.120. The molecule has 0 radical (unpaired) electrons. The van der Waals surface area contributed by atoms with Crippen molar-refractivity contribution in [3.05, 3.63) is 0 Å². The average Bonchev–Trinajstić information content (AvgIpc) is 2.34. The summed E-state index contributed by atoms with van der Waals surface area (Å²) in [4.78, 5) is 0. The number of ether oxygens (including phenoxy) is 1. The van der Waals surface area contributed by atoms with E-state index < -0.39 is 0 Å². The van der Waals surface area contributed by atoms with E-state index in [1.54, 1.807) is 0 Å². The van der Waals surface area contributed by atoms with Crippen molar-refractivity contribution in [3.63, 3.8) is 0 Å². The number of quaternary nitrogens is 1. The van der Waals surface area contributed by atoms with Crippen molar-refractivity contribution in [1.29, 1.82) is 0 Å². The van der Waals surface area contributed by atoms with Crippen LogP contribution in [0.15, 0.2) is 0 Å². The molecule has 2 N–H and O–H groups in total. The maximum atomic E-state index is 6.12. The Morgan fingerprint density at radius 1 is 1.45 bits per heavy atom. The van der Waals surface area contributed by atoms with Gasteiger partial charge in [0, 0.05) is 6.42 Å². The summed E-state index contributed by atoms with van der Waals surface area (Å²) in [5, 5.41) is 0. The number of rotatable bonds is 0. The van der Waals surface area contributed by atoms with Gasteiger partial charge in [-0.3, -0.25) is 0 Å². The lowest BCUT2D eigenvalue weighted by Crippen LogP contribution is -2.65. The molecule has 11 heavy (non-hydrogen) atoms. The molecule has 2 fully saturated rings. The van der Waals surface area contributed by atoms with Crippen LogP contribution in [-0.2, 0) is 4.74 Å². The number of morpholine rings is 1. The van der Waals surface area contributed by atoms with Crippen molar-refractivity contribution >= 4 is 0 Å². The van der Waals surface area contributed by atoms with Gasteiger partial charge < -0.3 is 4.74 Å². The lowest BCUT2D eigenvalue weighted by molar-refractivity contribution is -0.954. The van der Waals surface area contributed by atoms with Crippen LogP contribution in [0.25, 0.3) is 0 Å². The summed E-state index contributed by atoms with van der Waals surface area (Å²) in [5.41, 5.74) is 0. The Morgan fingerprint density at radius 3 is 3.00 bits per heavy atom. The molecule has 0 aromatic carbocycles. The van der Waals surface area contributed by atoms with E-state index in [1.165, 1.54) is 19.3 Å². The van der Waals surface area contributed by atoms with Gasteiger partial charge in [-0.25, -0.2) is 4.59 Å². The topological polar surface area (TPSA) is 35.2 Å². The fourth-order valence-corrected chi connectivity index (χ4v) is 2.34. The molecule has 1 saturated carbocycles. The maximum Gasteiger partial charge on any atom is 0.133 e. The SMILES string of the molecule is C[N+]1(N)CCOC2CCCC21. The van der Waals surface area contributed by atoms with E-state index >= 15 is 0 Å². The molecule has 0 aromatic rings. The zero-order valence-corrected chi connectivity index (χ0v) is 7.12. The number of hydrogen-bond acceptors (Lipinski definition) is 2. The molecular weight excluding hydrogens is 140 g/mol. The van der Waals surface area contributed by atoms with E-state index in [4.69, 9.17) is 10.6 Å². The second-order valence-electron chi connectivity index (χ2n) is 3.98. The molecule has 3 atom stereocenters. The zero-order chi connectivity index (χ0) is 7.90. The van der Waals surface area contributed by atoms with Gasteiger partial charge in [-0.15, -0.1) is 0 Å². The van der Waals surface area contributed by atoms with Gasteiger partial charge in [-0.05, 0) is 12.8 Å². The van der Waals surface area contributed by atoms with Crippen LogP contribution in [0, 0.1) is 0 Å². The van der Waals surface area contributed by atoms with Crippen LogP contribution in [0.5, 0.6) is 0 Å². The molecule has 1 aliphatic heterocycles. The van der Waals surface area contributed by atoms with E-state index in [9.17, 15) is 0 Å². The summed E-state index contributed by atoms with van der Waals surface area (Å²) in [5.74, 6) is 6.12. The first kappa shape index (κ1) is 7.53. The minimum absolute atomic E-state index is 0.457. The summed E-state index contributed by atoms with van der Waals surface area (Å²) < 4.78 is 6.33. The Balaban J connectivity index is 2.13. The van der Waals surface area contributed by atoms with Crippen LogP contribution in [0.1, 0.15) is 19.3 Å². The van der Waals surface area contributed by atoms with Crippen LogP contribution >= 0.6 is 0 Å². The lowest BCUT2D eigenvalue weighted by atomic mass is 10.1. The lowest BCUT2D eigenvalue weighted by Gasteiger charge is -2.41. The Labute approximate surface area is 67.7 Å². The molecule has 2 aliphatic rings. The molecule has 0 aromatic heterocycles. The van der Waals surface area contributed by atoms with E-state index in [0.29, 0.717) is 16.7 Å². The van der Waals surface area contributed by atoms with Crippen LogP contribution < -0.4 is 5.84 Å². The monoisotopic (exact) mass is 157 g/mol. The third-order valence-electron chi connectivity index (χ3n) is 3.08. The fourth-order valence-electron chi connectivity index (χ4n) is 2.34. The highest BCUT2D eigenvalue weighted by molar-refractivity contribution is 4.80. The molecule has 64 valence electrons. The quantitative estimate of drug-likeness (QED) is 0.404. The third-order valence-corrected chi connectivity index (χ3v) is 3.08. The normalized spacial score (nSPS) is 50.7. The van der Waals surface area contributed by atoms with Crippen molar-refractivity contribution in [3.8, 4) is 0 Å². The number of nitrogens with zero attached hydrogens (tertiary/aromatic N) is 1. The van der Waals surface area contributed by atoms with Gasteiger partial charge in [0.05, 0.1) is 13.7 Å². The molecule has 1 heterocycles. The predicted octanol–water partition coefficient (Wildman–Crippen LogP) is 0.258. The zero-order valence-electron chi connectivity index (χ0n) is 7.12. The van der Waals surface area contributed by atoms with Gasteiger partial charge >= 0.3 is 0 Å². The molecule has 1 aliphatic carbocycles. The highest BCUT2D eigenvalue weighted by atomic mass is 16.5. The summed E-state index contributed by atoms with van der Waals surface area (Å²) >= 11 is 0. The minimum atomic E-state index is 0.457. The summed E-state index contributed by atoms with van der Waals surface area (Å²) in [7, 11) is 2.12. The van der Waals surface area contributed by atoms with E-state index in [2.05, 4.69) is 7.05 Å². The second-order valence-corrected chi connectivity index (χ2v) is 3.98. The molecule has 3 unspecified atom stereocenters. The third kappa shape index (κ3) is 1.17. The largest absolute Gasteiger partial charge is 0.366 e. The highest BCUT2D eigenvalue weighted by Gasteiger charge is 2.44. The number of likely N-dealkylation sites (N-methyl/N-ethyl adjacent to an activating group) is 1. The van der Waals surface area contributed by atoms with Crippen LogP contribution in [0.3, 0.4) is 0 Å². The average molecular weight is 157 g/mol. The minimum Gasteiger partial charge on any atom is -0.366 e. The molecule has 0 spiro atoms. The standard InChI is InChI=1S/C8H17N2O/c1-10(9)5-6-11-8-4-2-3-7(8)10/h7-8H,2-6,9H2,1H3/q+1. The van der Waals surface area contributed by atoms with Gasteiger partial charge in [0.15, 0.2) is 0 Å². The van der Waals surface area contributed by atoms with E-state index in [1.807, 2.05) is 0 Å². The first-order valence-corrected chi connectivity index (χ1v) is 4.45. The Morgan fingerprint density at radius 2 is 2.27 bits per heavy atom. The first-order chi connectivity index (χ1) is 5.20. The van der Waals surface area contributed by atoms with Gasteiger partial charge in [0.25, 0.3) is 0 Å². The fraction of sp³-hybridized carbons (Fsp3) is 1.00. The smallest absolute Gasteiger partial charge is 0.133 e. The maximum absolute atomic E-state index is 6.12. The molecule has 2 rings (SSSR count). The van der Waals surface area contributed by atoms with Crippen LogP contribution in [0.4, 0.5) is 0 Å². The van der Waals surface area contributed by atoms with Crippen molar-refractivity contribution < 1.29 is 9.33 Å². The molecule has 3 heteroatoms. The number of fused-ring (bicyclic) bond motifs is 1. The molecular formula is C8H17N2O+. The Kier molecular flexibility index (Phi) is 1.67. The predicted molar refractivity (Wildman–Crippen MR) is 42.6 cm³/mol. The van der Waals surface area contributed by atoms with Crippen molar-refractivity contribution in [1.82, 2.24) is 0 Å². The van der Waals surface area contributed by atoms with Gasteiger partial charge in [0.1, 0.15) is 18.7 Å². The van der Waals surface area contributed by atoms with Crippen molar-refractivity contribution in [2.45, 2.75) is 31.4 Å². The number of hydrogen-bond donors (Lipinski definition) is 1.